The van der Waals surface area contributed by atoms with Crippen molar-refractivity contribution >= 4 is 22.2 Å². The first-order valence-electron chi connectivity index (χ1n) is 12.6. The highest BCUT2D eigenvalue weighted by Crippen LogP contribution is 2.34. The summed E-state index contributed by atoms with van der Waals surface area (Å²) in [6, 6.07) is 10.2. The molecule has 0 saturated carbocycles. The Balaban J connectivity index is 1.51. The van der Waals surface area contributed by atoms with Crippen LogP contribution in [-0.2, 0) is 0 Å². The molecule has 0 aromatic carbocycles. The van der Waals surface area contributed by atoms with E-state index in [0.717, 1.165) is 73.7 Å². The molecule has 0 unspecified atom stereocenters. The third-order valence-electron chi connectivity index (χ3n) is 6.29. The van der Waals surface area contributed by atoms with Crippen LogP contribution in [0.3, 0.4) is 0 Å². The van der Waals surface area contributed by atoms with Crippen LogP contribution in [-0.4, -0.2) is 30.1 Å². The minimum Gasteiger partial charge on any atom is -0.358 e. The quantitative estimate of drug-likeness (QED) is 0.184. The highest BCUT2D eigenvalue weighted by molar-refractivity contribution is 5.95. The highest BCUT2D eigenvalue weighted by atomic mass is 15.1. The summed E-state index contributed by atoms with van der Waals surface area (Å²) in [7, 11) is 0. The van der Waals surface area contributed by atoms with Crippen LogP contribution in [0.25, 0.3) is 39.1 Å². The number of H-pyrrole nitrogens is 2. The second-order valence-corrected chi connectivity index (χ2v) is 9.75. The smallest absolute Gasteiger partial charge is 0.116 e. The van der Waals surface area contributed by atoms with E-state index >= 15 is 0 Å². The van der Waals surface area contributed by atoms with Crippen molar-refractivity contribution < 1.29 is 0 Å². The van der Waals surface area contributed by atoms with E-state index in [9.17, 15) is 0 Å². The molecule has 5 rings (SSSR count). The Morgan fingerprint density at radius 1 is 1.08 bits per heavy atom. The Morgan fingerprint density at radius 2 is 1.89 bits per heavy atom. The molecule has 5 heterocycles. The van der Waals surface area contributed by atoms with Crippen LogP contribution in [0.1, 0.15) is 37.1 Å². The number of hydrogen-bond acceptors (Lipinski definition) is 5. The van der Waals surface area contributed by atoms with Gasteiger partial charge in [-0.05, 0) is 60.7 Å². The number of aryl methyl sites for hydroxylation is 1. The molecule has 190 valence electrons. The molecular weight excluding hydrogens is 470 g/mol. The van der Waals surface area contributed by atoms with Crippen molar-refractivity contribution in [1.82, 2.24) is 30.1 Å². The Morgan fingerprint density at radius 3 is 2.66 bits per heavy atom. The zero-order chi connectivity index (χ0) is 26.6. The molecule has 0 aliphatic carbocycles. The van der Waals surface area contributed by atoms with Gasteiger partial charge in [0.15, 0.2) is 0 Å². The van der Waals surface area contributed by atoms with Gasteiger partial charge in [-0.25, -0.2) is 0 Å². The van der Waals surface area contributed by atoms with Gasteiger partial charge >= 0.3 is 0 Å². The molecule has 0 atom stereocenters. The summed E-state index contributed by atoms with van der Waals surface area (Å²) in [5.41, 5.74) is 10.5. The molecule has 0 aliphatic rings. The second kappa shape index (κ2) is 10.7. The van der Waals surface area contributed by atoms with Gasteiger partial charge in [-0.2, -0.15) is 5.10 Å². The summed E-state index contributed by atoms with van der Waals surface area (Å²) in [6.45, 7) is 14.5. The lowest BCUT2D eigenvalue weighted by atomic mass is 9.98. The van der Waals surface area contributed by atoms with Crippen LogP contribution in [0.4, 0.5) is 5.69 Å². The molecule has 0 spiro atoms. The summed E-state index contributed by atoms with van der Waals surface area (Å²) in [6.07, 6.45) is 13.8. The number of nitrogens with zero attached hydrogens (tertiary/aromatic N) is 4. The Bertz CT molecular complexity index is 1640. The summed E-state index contributed by atoms with van der Waals surface area (Å²) >= 11 is 0. The molecule has 38 heavy (non-hydrogen) atoms. The van der Waals surface area contributed by atoms with E-state index in [4.69, 9.17) is 0 Å². The highest BCUT2D eigenvalue weighted by Gasteiger charge is 2.17. The van der Waals surface area contributed by atoms with Crippen LogP contribution in [0.2, 0.25) is 0 Å². The average molecular weight is 502 g/mol. The van der Waals surface area contributed by atoms with Gasteiger partial charge in [0.25, 0.3) is 0 Å². The van der Waals surface area contributed by atoms with Crippen molar-refractivity contribution in [1.29, 1.82) is 0 Å². The first-order chi connectivity index (χ1) is 18.4. The molecule has 3 N–H and O–H groups in total. The number of aromatic amines is 2. The van der Waals surface area contributed by atoms with Crippen LogP contribution >= 0.6 is 0 Å². The van der Waals surface area contributed by atoms with Gasteiger partial charge in [-0.15, -0.1) is 0 Å². The van der Waals surface area contributed by atoms with Crippen LogP contribution in [0, 0.1) is 12.8 Å². The second-order valence-electron chi connectivity index (χ2n) is 9.75. The Hall–Kier alpha value is -4.78. The molecule has 0 fully saturated rings. The number of pyridine rings is 3. The molecule has 0 aliphatic heterocycles. The van der Waals surface area contributed by atoms with Gasteiger partial charge < -0.3 is 10.3 Å². The van der Waals surface area contributed by atoms with Gasteiger partial charge in [0, 0.05) is 46.5 Å². The molecule has 5 aromatic rings. The van der Waals surface area contributed by atoms with E-state index in [1.165, 1.54) is 0 Å². The van der Waals surface area contributed by atoms with Gasteiger partial charge in [-0.3, -0.25) is 20.1 Å². The zero-order valence-corrected chi connectivity index (χ0v) is 21.9. The number of allylic oxidation sites excluding steroid dienone is 3. The molecule has 7 heteroatoms. The lowest BCUT2D eigenvalue weighted by molar-refractivity contribution is 0.645. The molecule has 0 amide bonds. The van der Waals surface area contributed by atoms with Gasteiger partial charge in [0.2, 0.25) is 0 Å². The lowest BCUT2D eigenvalue weighted by Crippen LogP contribution is -2.02. The normalized spacial score (nSPS) is 11.7. The van der Waals surface area contributed by atoms with E-state index < -0.39 is 0 Å². The predicted octanol–water partition coefficient (Wildman–Crippen LogP) is 7.31. The van der Waals surface area contributed by atoms with Crippen molar-refractivity contribution in [3.8, 4) is 22.6 Å². The number of anilines is 1. The molecule has 7 nitrogen and oxygen atoms in total. The summed E-state index contributed by atoms with van der Waals surface area (Å²) < 4.78 is 0. The third kappa shape index (κ3) is 5.18. The minimum atomic E-state index is 0.528. The van der Waals surface area contributed by atoms with Crippen molar-refractivity contribution in [2.45, 2.75) is 27.2 Å². The Labute approximate surface area is 222 Å². The molecule has 0 saturated heterocycles. The average Bonchev–Trinajstić information content (AvgIpc) is 3.50. The molecular formula is C31H31N7. The minimum absolute atomic E-state index is 0.528. The van der Waals surface area contributed by atoms with Crippen molar-refractivity contribution in [3.63, 3.8) is 0 Å². The fourth-order valence-corrected chi connectivity index (χ4v) is 4.63. The number of aromatic nitrogens is 6. The lowest BCUT2D eigenvalue weighted by Gasteiger charge is -2.12. The maximum atomic E-state index is 4.67. The van der Waals surface area contributed by atoms with E-state index in [-0.39, 0.29) is 0 Å². The Kier molecular flexibility index (Phi) is 7.00. The monoisotopic (exact) mass is 501 g/mol. The molecule has 0 bridgehead atoms. The molecule has 5 aromatic heterocycles. The van der Waals surface area contributed by atoms with Crippen molar-refractivity contribution in [3.05, 3.63) is 109 Å². The fraction of sp³-hybridized carbons (Fsp3) is 0.161. The first-order valence-corrected chi connectivity index (χ1v) is 12.6. The largest absolute Gasteiger partial charge is 0.358 e. The standard InChI is InChI=1S/C31H31N7/c1-6-7-25(22-8-10-32-11-9-22)26-14-29(36-21(26)5)31-27-15-28(34-18-30(27)37-38-31)23-13-24(17-33-16-23)35-20(4)12-19(2)3/h6-11,13-19,35-36H,1,4,12H2,2-3,5H3,(H,37,38)/b25-7-. The summed E-state index contributed by atoms with van der Waals surface area (Å²) in [4.78, 5) is 16.8. The van der Waals surface area contributed by atoms with Crippen LogP contribution in [0.5, 0.6) is 0 Å². The van der Waals surface area contributed by atoms with E-state index in [2.05, 4.69) is 81.5 Å². The maximum absolute atomic E-state index is 4.67. The summed E-state index contributed by atoms with van der Waals surface area (Å²) in [5, 5.41) is 12.1. The van der Waals surface area contributed by atoms with Crippen LogP contribution < -0.4 is 5.32 Å². The SMILES string of the molecule is C=C/C=C(/c1ccncc1)c1cc(-c2n[nH]c3cnc(-c4cncc(NC(=C)CC(C)C)c4)cc23)[nH]c1C. The first kappa shape index (κ1) is 24.9. The van der Waals surface area contributed by atoms with Crippen molar-refractivity contribution in [2.24, 2.45) is 5.92 Å². The van der Waals surface area contributed by atoms with Gasteiger partial charge in [-0.1, -0.05) is 39.2 Å². The van der Waals surface area contributed by atoms with Gasteiger partial charge in [0.1, 0.15) is 5.69 Å². The number of nitrogens with one attached hydrogen (secondary N) is 3. The van der Waals surface area contributed by atoms with Gasteiger partial charge in [0.05, 0.1) is 35.0 Å². The number of fused-ring (bicyclic) bond motifs is 1. The zero-order valence-electron chi connectivity index (χ0n) is 21.9. The van der Waals surface area contributed by atoms with E-state index in [0.29, 0.717) is 5.92 Å². The third-order valence-corrected chi connectivity index (χ3v) is 6.29. The maximum Gasteiger partial charge on any atom is 0.116 e. The number of rotatable bonds is 9. The van der Waals surface area contributed by atoms with E-state index in [1.54, 1.807) is 24.7 Å². The topological polar surface area (TPSA) is 95.2 Å². The van der Waals surface area contributed by atoms with E-state index in [1.807, 2.05) is 36.7 Å². The summed E-state index contributed by atoms with van der Waals surface area (Å²) in [5.74, 6) is 0.528. The fourth-order valence-electron chi connectivity index (χ4n) is 4.63. The van der Waals surface area contributed by atoms with Crippen LogP contribution in [0.15, 0.2) is 92.3 Å². The predicted molar refractivity (Wildman–Crippen MR) is 155 cm³/mol. The molecule has 0 radical (unpaired) electrons. The number of hydrogen-bond donors (Lipinski definition) is 3. The van der Waals surface area contributed by atoms with Crippen molar-refractivity contribution in [2.75, 3.05) is 5.32 Å².